The van der Waals surface area contributed by atoms with Crippen molar-refractivity contribution in [2.45, 2.75) is 25.4 Å². The van der Waals surface area contributed by atoms with Crippen molar-refractivity contribution >= 4 is 11.3 Å². The first-order chi connectivity index (χ1) is 10.1. The largest absolute Gasteiger partial charge is 0.326 e. The normalized spacial score (nSPS) is 20.8. The van der Waals surface area contributed by atoms with Crippen LogP contribution in [0.5, 0.6) is 0 Å². The summed E-state index contributed by atoms with van der Waals surface area (Å²) in [6.07, 6.45) is 1.03. The Bertz CT molecular complexity index is 385. The number of thiophene rings is 1. The van der Waals surface area contributed by atoms with Crippen molar-refractivity contribution in [1.29, 1.82) is 0 Å². The van der Waals surface area contributed by atoms with Crippen molar-refractivity contribution in [2.75, 3.05) is 53.4 Å². The highest BCUT2D eigenvalue weighted by Gasteiger charge is 2.28. The third kappa shape index (κ3) is 4.76. The van der Waals surface area contributed by atoms with Gasteiger partial charge in [-0.2, -0.15) is 11.3 Å². The molecule has 1 fully saturated rings. The van der Waals surface area contributed by atoms with E-state index in [0.717, 1.165) is 39.1 Å². The number of likely N-dealkylation sites (N-methyl/N-ethyl adjacent to an activating group) is 1. The van der Waals surface area contributed by atoms with Gasteiger partial charge in [-0.05, 0) is 42.9 Å². The van der Waals surface area contributed by atoms with E-state index in [2.05, 4.69) is 52.5 Å². The van der Waals surface area contributed by atoms with E-state index >= 15 is 0 Å². The Balaban J connectivity index is 1.92. The van der Waals surface area contributed by atoms with Crippen LogP contribution in [0.1, 0.15) is 24.9 Å². The average Bonchev–Trinajstić information content (AvgIpc) is 3.00. The topological polar surface area (TPSA) is 35.7 Å². The van der Waals surface area contributed by atoms with E-state index in [0.29, 0.717) is 6.04 Å². The first-order valence-electron chi connectivity index (χ1n) is 8.00. The summed E-state index contributed by atoms with van der Waals surface area (Å²) in [6.45, 7) is 9.07. The molecule has 2 N–H and O–H groups in total. The van der Waals surface area contributed by atoms with Gasteiger partial charge < -0.3 is 10.6 Å². The smallest absolute Gasteiger partial charge is 0.0508 e. The molecule has 0 aliphatic carbocycles. The van der Waals surface area contributed by atoms with Crippen LogP contribution in [0, 0.1) is 0 Å². The van der Waals surface area contributed by atoms with Crippen LogP contribution in [0.25, 0.3) is 0 Å². The fourth-order valence-electron chi connectivity index (χ4n) is 3.00. The summed E-state index contributed by atoms with van der Waals surface area (Å²) in [5.74, 6) is 0. The Kier molecular flexibility index (Phi) is 6.64. The molecule has 1 aromatic heterocycles. The average molecular weight is 311 g/mol. The molecule has 1 aliphatic rings. The number of nitrogens with zero attached hydrogens (tertiary/aromatic N) is 3. The summed E-state index contributed by atoms with van der Waals surface area (Å²) in [5.41, 5.74) is 7.81. The van der Waals surface area contributed by atoms with Gasteiger partial charge in [0.2, 0.25) is 0 Å². The van der Waals surface area contributed by atoms with Gasteiger partial charge in [-0.25, -0.2) is 0 Å². The Labute approximate surface area is 133 Å². The zero-order chi connectivity index (χ0) is 15.2. The van der Waals surface area contributed by atoms with E-state index in [1.807, 2.05) is 0 Å². The monoisotopic (exact) mass is 310 g/mol. The highest BCUT2D eigenvalue weighted by atomic mass is 32.1. The van der Waals surface area contributed by atoms with Gasteiger partial charge in [0.05, 0.1) is 6.04 Å². The maximum absolute atomic E-state index is 6.42. The lowest BCUT2D eigenvalue weighted by Gasteiger charge is -2.41. The lowest BCUT2D eigenvalue weighted by atomic mass is 9.98. The quantitative estimate of drug-likeness (QED) is 0.832. The number of piperazine rings is 1. The lowest BCUT2D eigenvalue weighted by molar-refractivity contribution is 0.0802. The number of rotatable bonds is 7. The molecule has 1 aliphatic heterocycles. The van der Waals surface area contributed by atoms with Gasteiger partial charge in [0.15, 0.2) is 0 Å². The third-order valence-electron chi connectivity index (χ3n) is 4.43. The number of hydrogen-bond acceptors (Lipinski definition) is 5. The minimum absolute atomic E-state index is 0.230. The Morgan fingerprint density at radius 1 is 1.29 bits per heavy atom. The van der Waals surface area contributed by atoms with Crippen LogP contribution < -0.4 is 5.73 Å². The Hall–Kier alpha value is -0.460. The predicted octanol–water partition coefficient (Wildman–Crippen LogP) is 1.71. The molecule has 0 radical (unpaired) electrons. The van der Waals surface area contributed by atoms with E-state index in [9.17, 15) is 0 Å². The van der Waals surface area contributed by atoms with Crippen LogP contribution in [-0.4, -0.2) is 74.1 Å². The second-order valence-corrected chi connectivity index (χ2v) is 7.03. The summed E-state index contributed by atoms with van der Waals surface area (Å²) in [5, 5.41) is 4.43. The van der Waals surface area contributed by atoms with Crippen molar-refractivity contribution in [1.82, 2.24) is 14.7 Å². The SMILES string of the molecule is CCC(N)C(c1ccsc1)N1CCN(CCN(C)C)CC1. The van der Waals surface area contributed by atoms with Gasteiger partial charge in [0, 0.05) is 45.3 Å². The molecule has 0 spiro atoms. The number of nitrogens with two attached hydrogens (primary N) is 1. The second-order valence-electron chi connectivity index (χ2n) is 6.25. The van der Waals surface area contributed by atoms with E-state index in [1.54, 1.807) is 11.3 Å². The molecule has 2 rings (SSSR count). The Morgan fingerprint density at radius 3 is 2.52 bits per heavy atom. The molecule has 2 unspecified atom stereocenters. The second kappa shape index (κ2) is 8.25. The first-order valence-corrected chi connectivity index (χ1v) is 8.95. The fraction of sp³-hybridized carbons (Fsp3) is 0.750. The van der Waals surface area contributed by atoms with Gasteiger partial charge in [0.25, 0.3) is 0 Å². The van der Waals surface area contributed by atoms with Crippen LogP contribution in [0.4, 0.5) is 0 Å². The van der Waals surface area contributed by atoms with Gasteiger partial charge in [-0.15, -0.1) is 0 Å². The molecule has 1 saturated heterocycles. The van der Waals surface area contributed by atoms with Gasteiger partial charge >= 0.3 is 0 Å². The van der Waals surface area contributed by atoms with Crippen LogP contribution in [0.15, 0.2) is 16.8 Å². The van der Waals surface area contributed by atoms with Gasteiger partial charge in [0.1, 0.15) is 0 Å². The van der Waals surface area contributed by atoms with Gasteiger partial charge in [-0.1, -0.05) is 6.92 Å². The van der Waals surface area contributed by atoms with E-state index in [4.69, 9.17) is 5.73 Å². The highest BCUT2D eigenvalue weighted by molar-refractivity contribution is 7.07. The summed E-state index contributed by atoms with van der Waals surface area (Å²) in [7, 11) is 4.28. The summed E-state index contributed by atoms with van der Waals surface area (Å²) >= 11 is 1.77. The summed E-state index contributed by atoms with van der Waals surface area (Å²) in [6, 6.07) is 2.86. The van der Waals surface area contributed by atoms with E-state index in [1.165, 1.54) is 12.1 Å². The van der Waals surface area contributed by atoms with E-state index < -0.39 is 0 Å². The van der Waals surface area contributed by atoms with Crippen molar-refractivity contribution in [3.05, 3.63) is 22.4 Å². The highest BCUT2D eigenvalue weighted by Crippen LogP contribution is 2.27. The first kappa shape index (κ1) is 16.9. The maximum Gasteiger partial charge on any atom is 0.0508 e. The molecule has 1 aromatic rings. The molecule has 5 heteroatoms. The number of hydrogen-bond donors (Lipinski definition) is 1. The zero-order valence-electron chi connectivity index (χ0n) is 13.7. The third-order valence-corrected chi connectivity index (χ3v) is 5.13. The summed E-state index contributed by atoms with van der Waals surface area (Å²) in [4.78, 5) is 7.41. The molecular weight excluding hydrogens is 280 g/mol. The van der Waals surface area contributed by atoms with Crippen LogP contribution in [0.2, 0.25) is 0 Å². The fourth-order valence-corrected chi connectivity index (χ4v) is 3.69. The van der Waals surface area contributed by atoms with E-state index in [-0.39, 0.29) is 6.04 Å². The molecule has 0 amide bonds. The molecule has 21 heavy (non-hydrogen) atoms. The molecule has 4 nitrogen and oxygen atoms in total. The van der Waals surface area contributed by atoms with Gasteiger partial charge in [-0.3, -0.25) is 9.80 Å². The Morgan fingerprint density at radius 2 is 2.00 bits per heavy atom. The zero-order valence-corrected chi connectivity index (χ0v) is 14.5. The summed E-state index contributed by atoms with van der Waals surface area (Å²) < 4.78 is 0. The molecule has 120 valence electrons. The molecule has 2 atom stereocenters. The minimum atomic E-state index is 0.230. The van der Waals surface area contributed by atoms with Crippen molar-refractivity contribution in [2.24, 2.45) is 5.73 Å². The molecule has 0 saturated carbocycles. The van der Waals surface area contributed by atoms with Crippen LogP contribution in [0.3, 0.4) is 0 Å². The van der Waals surface area contributed by atoms with Crippen molar-refractivity contribution in [3.8, 4) is 0 Å². The van der Waals surface area contributed by atoms with Crippen molar-refractivity contribution < 1.29 is 0 Å². The lowest BCUT2D eigenvalue weighted by Crippen LogP contribution is -2.52. The predicted molar refractivity (Wildman–Crippen MR) is 91.9 cm³/mol. The molecule has 2 heterocycles. The van der Waals surface area contributed by atoms with Crippen LogP contribution in [-0.2, 0) is 0 Å². The standard InChI is InChI=1S/C16H30N4S/c1-4-15(17)16(14-5-12-21-13-14)20-10-8-19(9-11-20)7-6-18(2)3/h5,12-13,15-16H,4,6-11,17H2,1-3H3. The molecular formula is C16H30N4S. The molecule has 0 aromatic carbocycles. The minimum Gasteiger partial charge on any atom is -0.326 e. The maximum atomic E-state index is 6.42. The molecule has 0 bridgehead atoms. The van der Waals surface area contributed by atoms with Crippen molar-refractivity contribution in [3.63, 3.8) is 0 Å². The van der Waals surface area contributed by atoms with Crippen LogP contribution >= 0.6 is 11.3 Å².